The van der Waals surface area contributed by atoms with Gasteiger partial charge in [0.05, 0.1) is 19.2 Å². The molecule has 0 atom stereocenters. The van der Waals surface area contributed by atoms with E-state index in [1.165, 1.54) is 5.56 Å². The van der Waals surface area contributed by atoms with Crippen LogP contribution in [-0.4, -0.2) is 69.2 Å². The molecule has 0 spiro atoms. The van der Waals surface area contributed by atoms with Gasteiger partial charge in [-0.3, -0.25) is 0 Å². The zero-order chi connectivity index (χ0) is 22.5. The van der Waals surface area contributed by atoms with Crippen LogP contribution < -0.4 is 20.4 Å². The van der Waals surface area contributed by atoms with Crippen LogP contribution in [0.2, 0.25) is 0 Å². The minimum Gasteiger partial charge on any atom is -0.472 e. The number of aromatic amines is 2. The van der Waals surface area contributed by atoms with Gasteiger partial charge >= 0.3 is 0 Å². The van der Waals surface area contributed by atoms with E-state index in [0.29, 0.717) is 24.5 Å². The molecule has 4 aromatic rings. The molecule has 0 bridgehead atoms. The molecule has 12 heteroatoms. The van der Waals surface area contributed by atoms with Crippen LogP contribution in [0.4, 0.5) is 23.8 Å². The first-order valence-electron chi connectivity index (χ1n) is 10.4. The van der Waals surface area contributed by atoms with Crippen LogP contribution >= 0.6 is 0 Å². The highest BCUT2D eigenvalue weighted by Crippen LogP contribution is 2.14. The van der Waals surface area contributed by atoms with Gasteiger partial charge in [-0.25, -0.2) is 10.2 Å². The standard InChI is InChI=1S/C20H29N11O/c1-28(18-22-17(21)24-25-18)8-4-15-6-10-31(12-15)14-30(3)20-23-19(26-27-20)29(2)9-5-16-7-11-32-13-16/h6-7,10-13H,4-5,8-9,14H2,1-3H3,(H,23,26,27)(H3,21,22,24,25). The first-order chi connectivity index (χ1) is 15.5. The van der Waals surface area contributed by atoms with Crippen molar-refractivity contribution in [3.63, 3.8) is 0 Å². The average Bonchev–Trinajstić information content (AvgIpc) is 3.58. The molecule has 4 heterocycles. The Labute approximate surface area is 186 Å². The Morgan fingerprint density at radius 3 is 2.44 bits per heavy atom. The van der Waals surface area contributed by atoms with Crippen molar-refractivity contribution in [2.24, 2.45) is 0 Å². The summed E-state index contributed by atoms with van der Waals surface area (Å²) >= 11 is 0. The fourth-order valence-electron chi connectivity index (χ4n) is 3.29. The highest BCUT2D eigenvalue weighted by atomic mass is 16.3. The van der Waals surface area contributed by atoms with Gasteiger partial charge in [0.15, 0.2) is 0 Å². The minimum atomic E-state index is 0.320. The van der Waals surface area contributed by atoms with E-state index in [2.05, 4.69) is 53.4 Å². The summed E-state index contributed by atoms with van der Waals surface area (Å²) in [6.45, 7) is 2.24. The maximum Gasteiger partial charge on any atom is 0.247 e. The van der Waals surface area contributed by atoms with E-state index in [0.717, 1.165) is 37.4 Å². The van der Waals surface area contributed by atoms with Gasteiger partial charge < -0.3 is 29.4 Å². The summed E-state index contributed by atoms with van der Waals surface area (Å²) in [7, 11) is 5.91. The molecular formula is C20H29N11O. The number of nitrogens with two attached hydrogens (primary N) is 1. The zero-order valence-corrected chi connectivity index (χ0v) is 18.6. The topological polar surface area (TPSA) is 137 Å². The number of nitrogens with zero attached hydrogens (tertiary/aromatic N) is 8. The predicted octanol–water partition coefficient (Wildman–Crippen LogP) is 1.35. The quantitative estimate of drug-likeness (QED) is 0.316. The summed E-state index contributed by atoms with van der Waals surface area (Å²) in [5.41, 5.74) is 7.98. The molecule has 0 fully saturated rings. The molecule has 0 saturated heterocycles. The Bertz CT molecular complexity index is 1100. The number of hydrogen-bond acceptors (Lipinski definition) is 9. The van der Waals surface area contributed by atoms with Gasteiger partial charge in [-0.05, 0) is 36.1 Å². The average molecular weight is 440 g/mol. The van der Waals surface area contributed by atoms with E-state index >= 15 is 0 Å². The van der Waals surface area contributed by atoms with Crippen LogP contribution in [0.3, 0.4) is 0 Å². The third-order valence-electron chi connectivity index (χ3n) is 5.24. The van der Waals surface area contributed by atoms with Gasteiger partial charge in [0, 0.05) is 46.6 Å². The summed E-state index contributed by atoms with van der Waals surface area (Å²) < 4.78 is 7.23. The van der Waals surface area contributed by atoms with Crippen molar-refractivity contribution in [1.29, 1.82) is 0 Å². The van der Waals surface area contributed by atoms with E-state index < -0.39 is 0 Å². The van der Waals surface area contributed by atoms with Crippen molar-refractivity contribution in [3.8, 4) is 0 Å². The van der Waals surface area contributed by atoms with Gasteiger partial charge in [-0.15, -0.1) is 10.2 Å². The maximum absolute atomic E-state index is 5.59. The molecule has 4 N–H and O–H groups in total. The van der Waals surface area contributed by atoms with Crippen LogP contribution in [-0.2, 0) is 19.5 Å². The lowest BCUT2D eigenvalue weighted by Crippen LogP contribution is -2.23. The molecule has 0 aliphatic heterocycles. The number of aromatic nitrogens is 7. The second kappa shape index (κ2) is 9.45. The smallest absolute Gasteiger partial charge is 0.247 e. The fraction of sp³-hybridized carbons (Fsp3) is 0.400. The van der Waals surface area contributed by atoms with Crippen molar-refractivity contribution in [2.75, 3.05) is 54.7 Å². The molecular weight excluding hydrogens is 410 g/mol. The van der Waals surface area contributed by atoms with E-state index in [-0.39, 0.29) is 0 Å². The van der Waals surface area contributed by atoms with E-state index in [9.17, 15) is 0 Å². The van der Waals surface area contributed by atoms with Gasteiger partial charge in [-0.2, -0.15) is 9.97 Å². The lowest BCUT2D eigenvalue weighted by molar-refractivity contribution is 0.563. The molecule has 0 aliphatic rings. The zero-order valence-electron chi connectivity index (χ0n) is 18.6. The molecule has 0 amide bonds. The Balaban J connectivity index is 1.27. The normalized spacial score (nSPS) is 11.1. The molecule has 32 heavy (non-hydrogen) atoms. The van der Waals surface area contributed by atoms with Crippen molar-refractivity contribution in [2.45, 2.75) is 19.5 Å². The van der Waals surface area contributed by atoms with Crippen molar-refractivity contribution < 1.29 is 4.42 Å². The summed E-state index contributed by atoms with van der Waals surface area (Å²) in [5, 5.41) is 14.1. The second-order valence-electron chi connectivity index (χ2n) is 7.83. The maximum atomic E-state index is 5.59. The van der Waals surface area contributed by atoms with E-state index in [1.54, 1.807) is 12.5 Å². The third-order valence-corrected chi connectivity index (χ3v) is 5.24. The third kappa shape index (κ3) is 5.20. The minimum absolute atomic E-state index is 0.320. The van der Waals surface area contributed by atoms with Crippen molar-refractivity contribution >= 4 is 23.8 Å². The van der Waals surface area contributed by atoms with Crippen molar-refractivity contribution in [1.82, 2.24) is 34.9 Å². The fourth-order valence-corrected chi connectivity index (χ4v) is 3.29. The summed E-state index contributed by atoms with van der Waals surface area (Å²) in [4.78, 5) is 14.8. The number of hydrogen-bond donors (Lipinski definition) is 3. The summed E-state index contributed by atoms with van der Waals surface area (Å²) in [5.74, 6) is 2.30. The molecule has 4 rings (SSSR count). The van der Waals surface area contributed by atoms with Gasteiger partial charge in [0.2, 0.25) is 23.8 Å². The van der Waals surface area contributed by atoms with Crippen LogP contribution in [0.5, 0.6) is 0 Å². The lowest BCUT2D eigenvalue weighted by Gasteiger charge is -2.16. The molecule has 0 saturated carbocycles. The van der Waals surface area contributed by atoms with E-state index in [4.69, 9.17) is 10.2 Å². The summed E-state index contributed by atoms with van der Waals surface area (Å²) in [6, 6.07) is 4.09. The number of nitrogen functional groups attached to an aromatic ring is 1. The molecule has 0 aromatic carbocycles. The highest BCUT2D eigenvalue weighted by molar-refractivity contribution is 5.37. The largest absolute Gasteiger partial charge is 0.472 e. The van der Waals surface area contributed by atoms with E-state index in [1.807, 2.05) is 41.9 Å². The van der Waals surface area contributed by atoms with Crippen molar-refractivity contribution in [3.05, 3.63) is 48.2 Å². The number of H-pyrrole nitrogens is 2. The number of rotatable bonds is 11. The predicted molar refractivity (Wildman–Crippen MR) is 123 cm³/mol. The van der Waals surface area contributed by atoms with Crippen LogP contribution in [0.1, 0.15) is 11.1 Å². The number of anilines is 4. The molecule has 170 valence electrons. The molecule has 0 unspecified atom stereocenters. The second-order valence-corrected chi connectivity index (χ2v) is 7.83. The van der Waals surface area contributed by atoms with Crippen LogP contribution in [0.25, 0.3) is 0 Å². The Hall–Kier alpha value is -3.96. The summed E-state index contributed by atoms with van der Waals surface area (Å²) in [6.07, 6.45) is 9.38. The first kappa shape index (κ1) is 21.3. The Morgan fingerprint density at radius 2 is 1.69 bits per heavy atom. The number of nitrogens with one attached hydrogen (secondary N) is 2. The highest BCUT2D eigenvalue weighted by Gasteiger charge is 2.13. The van der Waals surface area contributed by atoms with Gasteiger partial charge in [0.1, 0.15) is 0 Å². The van der Waals surface area contributed by atoms with Gasteiger partial charge in [-0.1, -0.05) is 0 Å². The monoisotopic (exact) mass is 439 g/mol. The van der Waals surface area contributed by atoms with Gasteiger partial charge in [0.25, 0.3) is 0 Å². The Kier molecular flexibility index (Phi) is 6.29. The SMILES string of the molecule is CN(CCc1ccn(CN(C)c2n[nH]c(N(C)CCc3ccoc3)n2)c1)c1n[nH]c(N)n1. The van der Waals surface area contributed by atoms with Crippen LogP contribution in [0, 0.1) is 0 Å². The van der Waals surface area contributed by atoms with Crippen LogP contribution in [0.15, 0.2) is 41.5 Å². The lowest BCUT2D eigenvalue weighted by atomic mass is 10.2. The number of furan rings is 1. The first-order valence-corrected chi connectivity index (χ1v) is 10.4. The molecule has 0 radical (unpaired) electrons. The Morgan fingerprint density at radius 1 is 0.938 bits per heavy atom. The molecule has 0 aliphatic carbocycles. The molecule has 4 aromatic heterocycles. The molecule has 12 nitrogen and oxygen atoms in total. The number of likely N-dealkylation sites (N-methyl/N-ethyl adjacent to an activating group) is 2.